The van der Waals surface area contributed by atoms with E-state index in [1.807, 2.05) is 18.3 Å². The molecule has 1 aliphatic heterocycles. The molecule has 1 aliphatic rings. The van der Waals surface area contributed by atoms with Crippen LogP contribution in [0.2, 0.25) is 0 Å². The molecule has 3 aromatic rings. The van der Waals surface area contributed by atoms with Crippen molar-refractivity contribution in [2.75, 3.05) is 53.7 Å². The fraction of sp³-hybridized carbons (Fsp3) is 0.400. The molecule has 1 aromatic heterocycles. The molecule has 6 nitrogen and oxygen atoms in total. The van der Waals surface area contributed by atoms with Gasteiger partial charge in [0, 0.05) is 42.8 Å². The first-order chi connectivity index (χ1) is 15.1. The van der Waals surface area contributed by atoms with E-state index < -0.39 is 0 Å². The molecule has 0 bridgehead atoms. The third-order valence-corrected chi connectivity index (χ3v) is 5.74. The minimum Gasteiger partial charge on any atom is -0.497 e. The Balaban J connectivity index is 0.00000289. The number of nitrogens with zero attached hydrogens (tertiary/aromatic N) is 2. The normalized spacial score (nSPS) is 14.1. The molecule has 0 radical (unpaired) electrons. The molecule has 2 aromatic carbocycles. The molecule has 0 aliphatic carbocycles. The second kappa shape index (κ2) is 10.9. The molecule has 0 saturated carbocycles. The largest absolute Gasteiger partial charge is 0.497 e. The van der Waals surface area contributed by atoms with Gasteiger partial charge in [-0.1, -0.05) is 0 Å². The lowest BCUT2D eigenvalue weighted by Crippen LogP contribution is -2.38. The van der Waals surface area contributed by atoms with E-state index in [9.17, 15) is 0 Å². The van der Waals surface area contributed by atoms with Crippen LogP contribution in [-0.2, 0) is 4.74 Å². The average molecular weight is 459 g/mol. The number of ether oxygens (including phenoxy) is 4. The van der Waals surface area contributed by atoms with Crippen LogP contribution in [0.4, 0.5) is 0 Å². The Labute approximate surface area is 195 Å². The fourth-order valence-corrected chi connectivity index (χ4v) is 4.07. The molecule has 0 N–H and O–H groups in total. The number of fused-ring (bicyclic) bond motifs is 1. The maximum Gasteiger partial charge on any atom is 0.131 e. The summed E-state index contributed by atoms with van der Waals surface area (Å²) in [6.07, 6.45) is 1.86. The second-order valence-electron chi connectivity index (χ2n) is 7.86. The van der Waals surface area contributed by atoms with E-state index in [-0.39, 0.29) is 12.4 Å². The minimum absolute atomic E-state index is 0. The SMILES string of the molecule is COc1cc(OC)c2cnc(-c3cc(C)c(OCCN4CCOCC4)c(C)c3)cc2c1.Cl. The molecular formula is C25H31ClN2O4. The quantitative estimate of drug-likeness (QED) is 0.513. The molecule has 0 spiro atoms. The predicted octanol–water partition coefficient (Wildman–Crippen LogP) is 4.67. The summed E-state index contributed by atoms with van der Waals surface area (Å²) in [6.45, 7) is 9.34. The van der Waals surface area contributed by atoms with Crippen molar-refractivity contribution in [1.82, 2.24) is 9.88 Å². The highest BCUT2D eigenvalue weighted by Crippen LogP contribution is 2.34. The standard InChI is InChI=1S/C25H30N2O4.ClH/c1-17-11-20(12-18(2)25(17)31-10-7-27-5-8-30-9-6-27)23-14-19-13-21(28-3)15-24(29-4)22(19)16-26-23;/h11-16H,5-10H2,1-4H3;1H. The second-order valence-corrected chi connectivity index (χ2v) is 7.86. The highest BCUT2D eigenvalue weighted by atomic mass is 35.5. The van der Waals surface area contributed by atoms with Crippen LogP contribution in [0.1, 0.15) is 11.1 Å². The Morgan fingerprint density at radius 3 is 2.34 bits per heavy atom. The number of aryl methyl sites for hydroxylation is 2. The third-order valence-electron chi connectivity index (χ3n) is 5.74. The van der Waals surface area contributed by atoms with Crippen molar-refractivity contribution in [1.29, 1.82) is 0 Å². The number of hydrogen-bond donors (Lipinski definition) is 0. The summed E-state index contributed by atoms with van der Waals surface area (Å²) in [4.78, 5) is 7.08. The Hall–Kier alpha value is -2.54. The van der Waals surface area contributed by atoms with Gasteiger partial charge in [-0.2, -0.15) is 0 Å². The number of morpholine rings is 1. The van der Waals surface area contributed by atoms with E-state index >= 15 is 0 Å². The minimum atomic E-state index is 0. The summed E-state index contributed by atoms with van der Waals surface area (Å²) in [5, 5.41) is 1.99. The fourth-order valence-electron chi connectivity index (χ4n) is 4.07. The molecule has 7 heteroatoms. The number of halogens is 1. The summed E-state index contributed by atoms with van der Waals surface area (Å²) >= 11 is 0. The maximum absolute atomic E-state index is 6.16. The summed E-state index contributed by atoms with van der Waals surface area (Å²) in [5.41, 5.74) is 4.21. The van der Waals surface area contributed by atoms with Crippen LogP contribution in [0.15, 0.2) is 36.5 Å². The van der Waals surface area contributed by atoms with Crippen molar-refractivity contribution in [2.24, 2.45) is 0 Å². The number of benzene rings is 2. The van der Waals surface area contributed by atoms with Gasteiger partial charge in [-0.3, -0.25) is 9.88 Å². The lowest BCUT2D eigenvalue weighted by atomic mass is 10.0. The Bertz CT molecular complexity index is 1040. The van der Waals surface area contributed by atoms with Crippen molar-refractivity contribution >= 4 is 23.2 Å². The van der Waals surface area contributed by atoms with Gasteiger partial charge in [0.2, 0.25) is 0 Å². The monoisotopic (exact) mass is 458 g/mol. The van der Waals surface area contributed by atoms with Crippen LogP contribution in [0.25, 0.3) is 22.0 Å². The smallest absolute Gasteiger partial charge is 0.131 e. The number of methoxy groups -OCH3 is 2. The maximum atomic E-state index is 6.16. The molecule has 2 heterocycles. The topological polar surface area (TPSA) is 53.0 Å². The van der Waals surface area contributed by atoms with Gasteiger partial charge in [-0.15, -0.1) is 12.4 Å². The van der Waals surface area contributed by atoms with Gasteiger partial charge in [0.15, 0.2) is 0 Å². The number of pyridine rings is 1. The zero-order valence-electron chi connectivity index (χ0n) is 19.1. The third kappa shape index (κ3) is 5.26. The highest BCUT2D eigenvalue weighted by molar-refractivity contribution is 5.91. The van der Waals surface area contributed by atoms with Crippen molar-refractivity contribution < 1.29 is 18.9 Å². The van der Waals surface area contributed by atoms with E-state index in [2.05, 4.69) is 36.9 Å². The van der Waals surface area contributed by atoms with Gasteiger partial charge >= 0.3 is 0 Å². The van der Waals surface area contributed by atoms with Crippen LogP contribution in [0.3, 0.4) is 0 Å². The van der Waals surface area contributed by atoms with Crippen molar-refractivity contribution in [3.8, 4) is 28.5 Å². The predicted molar refractivity (Wildman–Crippen MR) is 130 cm³/mol. The van der Waals surface area contributed by atoms with Gasteiger partial charge in [-0.05, 0) is 54.6 Å². The summed E-state index contributed by atoms with van der Waals surface area (Å²) < 4.78 is 22.5. The molecule has 0 amide bonds. The number of rotatable bonds is 7. The Morgan fingerprint density at radius 1 is 0.969 bits per heavy atom. The van der Waals surface area contributed by atoms with Crippen LogP contribution in [0.5, 0.6) is 17.2 Å². The van der Waals surface area contributed by atoms with Crippen LogP contribution < -0.4 is 14.2 Å². The number of aromatic nitrogens is 1. The molecule has 0 atom stereocenters. The lowest BCUT2D eigenvalue weighted by Gasteiger charge is -2.26. The summed E-state index contributed by atoms with van der Waals surface area (Å²) in [6, 6.07) is 10.2. The van der Waals surface area contributed by atoms with Gasteiger partial charge in [0.1, 0.15) is 23.9 Å². The zero-order valence-corrected chi connectivity index (χ0v) is 20.0. The van der Waals surface area contributed by atoms with Gasteiger partial charge < -0.3 is 18.9 Å². The average Bonchev–Trinajstić information content (AvgIpc) is 2.80. The Kier molecular flexibility index (Phi) is 8.18. The van der Waals surface area contributed by atoms with Crippen molar-refractivity contribution in [3.05, 3.63) is 47.7 Å². The van der Waals surface area contributed by atoms with Crippen molar-refractivity contribution in [3.63, 3.8) is 0 Å². The summed E-state index contributed by atoms with van der Waals surface area (Å²) in [5.74, 6) is 2.48. The van der Waals surface area contributed by atoms with Gasteiger partial charge in [-0.25, -0.2) is 0 Å². The molecular weight excluding hydrogens is 428 g/mol. The molecule has 4 rings (SSSR count). The van der Waals surface area contributed by atoms with Crippen LogP contribution >= 0.6 is 12.4 Å². The lowest BCUT2D eigenvalue weighted by molar-refractivity contribution is 0.0322. The van der Waals surface area contributed by atoms with Gasteiger partial charge in [0.05, 0.1) is 33.1 Å². The number of hydrogen-bond acceptors (Lipinski definition) is 6. The molecule has 1 saturated heterocycles. The first-order valence-electron chi connectivity index (χ1n) is 10.7. The van der Waals surface area contributed by atoms with Crippen LogP contribution in [0, 0.1) is 13.8 Å². The summed E-state index contributed by atoms with van der Waals surface area (Å²) in [7, 11) is 3.32. The van der Waals surface area contributed by atoms with Crippen LogP contribution in [-0.4, -0.2) is 63.6 Å². The zero-order chi connectivity index (χ0) is 21.8. The van der Waals surface area contributed by atoms with E-state index in [1.54, 1.807) is 14.2 Å². The molecule has 0 unspecified atom stereocenters. The van der Waals surface area contributed by atoms with E-state index in [4.69, 9.17) is 23.9 Å². The molecule has 32 heavy (non-hydrogen) atoms. The molecule has 172 valence electrons. The van der Waals surface area contributed by atoms with E-state index in [1.165, 1.54) is 0 Å². The highest BCUT2D eigenvalue weighted by Gasteiger charge is 2.13. The van der Waals surface area contributed by atoms with E-state index in [0.717, 1.165) is 83.3 Å². The first kappa shape index (κ1) is 24.1. The Morgan fingerprint density at radius 2 is 1.69 bits per heavy atom. The van der Waals surface area contributed by atoms with E-state index in [0.29, 0.717) is 6.61 Å². The van der Waals surface area contributed by atoms with Gasteiger partial charge in [0.25, 0.3) is 0 Å². The molecule has 1 fully saturated rings. The first-order valence-corrected chi connectivity index (χ1v) is 10.7. The van der Waals surface area contributed by atoms with Crippen molar-refractivity contribution in [2.45, 2.75) is 13.8 Å².